The Morgan fingerprint density at radius 1 is 1.64 bits per heavy atom. The number of hydrogen-bond donors (Lipinski definition) is 1. The normalized spacial score (nSPS) is 23.1. The first-order valence-corrected chi connectivity index (χ1v) is 4.99. The van der Waals surface area contributed by atoms with E-state index in [1.54, 1.807) is 0 Å². The lowest BCUT2D eigenvalue weighted by molar-refractivity contribution is 0.272. The van der Waals surface area contributed by atoms with Crippen LogP contribution < -0.4 is 0 Å². The van der Waals surface area contributed by atoms with E-state index in [0.29, 0.717) is 11.7 Å². The fourth-order valence-electron chi connectivity index (χ4n) is 1.93. The highest BCUT2D eigenvalue weighted by molar-refractivity contribution is 4.90. The fourth-order valence-corrected chi connectivity index (χ4v) is 1.93. The summed E-state index contributed by atoms with van der Waals surface area (Å²) in [5.74, 6) is 0. The summed E-state index contributed by atoms with van der Waals surface area (Å²) in [7, 11) is 2.14. The molecule has 1 atom stereocenters. The molecule has 1 N–H and O–H groups in total. The van der Waals surface area contributed by atoms with Gasteiger partial charge in [-0.25, -0.2) is 0 Å². The number of hydrogen-bond acceptors (Lipinski definition) is 4. The molecular weight excluding hydrogens is 180 g/mol. The van der Waals surface area contributed by atoms with Crippen LogP contribution in [0.2, 0.25) is 0 Å². The van der Waals surface area contributed by atoms with Gasteiger partial charge in [-0.15, -0.1) is 5.10 Å². The van der Waals surface area contributed by atoms with Crippen LogP contribution in [0.5, 0.6) is 0 Å². The maximum Gasteiger partial charge on any atom is 0.108 e. The van der Waals surface area contributed by atoms with Crippen LogP contribution in [0.15, 0.2) is 6.20 Å². The average molecular weight is 196 g/mol. The molecule has 2 rings (SSSR count). The minimum absolute atomic E-state index is 0.0273. The number of rotatable bonds is 3. The summed E-state index contributed by atoms with van der Waals surface area (Å²) in [4.78, 5) is 2.35. The van der Waals surface area contributed by atoms with Crippen molar-refractivity contribution < 1.29 is 5.11 Å². The van der Waals surface area contributed by atoms with E-state index >= 15 is 0 Å². The molecule has 0 aromatic carbocycles. The van der Waals surface area contributed by atoms with Crippen molar-refractivity contribution in [2.24, 2.45) is 0 Å². The van der Waals surface area contributed by atoms with E-state index in [1.807, 2.05) is 10.9 Å². The maximum absolute atomic E-state index is 8.84. The summed E-state index contributed by atoms with van der Waals surface area (Å²) in [5, 5.41) is 16.6. The predicted octanol–water partition coefficient (Wildman–Crippen LogP) is -0.135. The lowest BCUT2D eigenvalue weighted by atomic mass is 10.2. The van der Waals surface area contributed by atoms with Crippen LogP contribution in [0, 0.1) is 0 Å². The molecule has 14 heavy (non-hydrogen) atoms. The minimum Gasteiger partial charge on any atom is -0.390 e. The van der Waals surface area contributed by atoms with E-state index in [1.165, 1.54) is 19.4 Å². The number of aromatic nitrogens is 3. The largest absolute Gasteiger partial charge is 0.390 e. The standard InChI is InChI=1S/C9H16N4O/c1-12-4-2-3-9(12)6-13-5-8(7-14)10-11-13/h5,9,14H,2-4,6-7H2,1H3. The van der Waals surface area contributed by atoms with Gasteiger partial charge in [0, 0.05) is 6.04 Å². The van der Waals surface area contributed by atoms with Crippen molar-refractivity contribution in [1.29, 1.82) is 0 Å². The molecule has 2 heterocycles. The SMILES string of the molecule is CN1CCCC1Cn1cc(CO)nn1. The number of aliphatic hydroxyl groups is 1. The van der Waals surface area contributed by atoms with E-state index in [9.17, 15) is 0 Å². The Morgan fingerprint density at radius 2 is 2.50 bits per heavy atom. The van der Waals surface area contributed by atoms with Gasteiger partial charge in [-0.2, -0.15) is 0 Å². The molecule has 1 aromatic rings. The second-order valence-electron chi connectivity index (χ2n) is 3.87. The van der Waals surface area contributed by atoms with Gasteiger partial charge in [0.2, 0.25) is 0 Å². The molecule has 0 bridgehead atoms. The summed E-state index contributed by atoms with van der Waals surface area (Å²) < 4.78 is 1.82. The smallest absolute Gasteiger partial charge is 0.108 e. The van der Waals surface area contributed by atoms with Gasteiger partial charge in [-0.05, 0) is 26.4 Å². The van der Waals surface area contributed by atoms with E-state index in [0.717, 1.165) is 6.54 Å². The molecule has 1 aromatic heterocycles. The van der Waals surface area contributed by atoms with Gasteiger partial charge in [0.15, 0.2) is 0 Å². The van der Waals surface area contributed by atoms with Crippen LogP contribution in [0.4, 0.5) is 0 Å². The summed E-state index contributed by atoms with van der Waals surface area (Å²) in [6.45, 7) is 2.02. The molecule has 0 aliphatic carbocycles. The highest BCUT2D eigenvalue weighted by Crippen LogP contribution is 2.15. The average Bonchev–Trinajstić information content (AvgIpc) is 2.77. The predicted molar refractivity (Wildman–Crippen MR) is 51.6 cm³/mol. The highest BCUT2D eigenvalue weighted by Gasteiger charge is 2.21. The molecule has 0 amide bonds. The summed E-state index contributed by atoms with van der Waals surface area (Å²) in [6, 6.07) is 0.572. The molecule has 0 saturated carbocycles. The molecule has 0 radical (unpaired) electrons. The monoisotopic (exact) mass is 196 g/mol. The van der Waals surface area contributed by atoms with Crippen LogP contribution >= 0.6 is 0 Å². The van der Waals surface area contributed by atoms with Crippen molar-refractivity contribution in [2.45, 2.75) is 32.0 Å². The van der Waals surface area contributed by atoms with Crippen molar-refractivity contribution in [3.8, 4) is 0 Å². The molecule has 5 heteroatoms. The lowest BCUT2D eigenvalue weighted by Crippen LogP contribution is -2.29. The first-order chi connectivity index (χ1) is 6.79. The van der Waals surface area contributed by atoms with Crippen LogP contribution in [0.3, 0.4) is 0 Å². The van der Waals surface area contributed by atoms with Gasteiger partial charge >= 0.3 is 0 Å². The first-order valence-electron chi connectivity index (χ1n) is 4.99. The second kappa shape index (κ2) is 4.06. The first kappa shape index (κ1) is 9.61. The van der Waals surface area contributed by atoms with Crippen molar-refractivity contribution in [3.05, 3.63) is 11.9 Å². The molecule has 0 spiro atoms. The zero-order valence-corrected chi connectivity index (χ0v) is 8.43. The topological polar surface area (TPSA) is 54.2 Å². The van der Waals surface area contributed by atoms with Crippen molar-refractivity contribution >= 4 is 0 Å². The van der Waals surface area contributed by atoms with Gasteiger partial charge in [0.05, 0.1) is 19.3 Å². The number of nitrogens with zero attached hydrogens (tertiary/aromatic N) is 4. The molecule has 1 saturated heterocycles. The zero-order valence-electron chi connectivity index (χ0n) is 8.43. The summed E-state index contributed by atoms with van der Waals surface area (Å²) in [6.07, 6.45) is 4.31. The maximum atomic E-state index is 8.84. The molecular formula is C9H16N4O. The van der Waals surface area contributed by atoms with E-state index in [-0.39, 0.29) is 6.61 Å². The molecule has 5 nitrogen and oxygen atoms in total. The molecule has 1 aliphatic rings. The van der Waals surface area contributed by atoms with E-state index < -0.39 is 0 Å². The third-order valence-electron chi connectivity index (χ3n) is 2.82. The molecule has 1 fully saturated rings. The third kappa shape index (κ3) is 1.93. The van der Waals surface area contributed by atoms with Crippen LogP contribution in [-0.2, 0) is 13.2 Å². The number of aliphatic hydroxyl groups excluding tert-OH is 1. The lowest BCUT2D eigenvalue weighted by Gasteiger charge is -2.18. The molecule has 1 unspecified atom stereocenters. The third-order valence-corrected chi connectivity index (χ3v) is 2.82. The Labute approximate surface area is 83.3 Å². The quantitative estimate of drug-likeness (QED) is 0.731. The van der Waals surface area contributed by atoms with E-state index in [2.05, 4.69) is 22.3 Å². The van der Waals surface area contributed by atoms with Crippen molar-refractivity contribution in [3.63, 3.8) is 0 Å². The van der Waals surface area contributed by atoms with Crippen LogP contribution in [0.25, 0.3) is 0 Å². The Kier molecular flexibility index (Phi) is 2.79. The van der Waals surface area contributed by atoms with Gasteiger partial charge in [0.1, 0.15) is 5.69 Å². The van der Waals surface area contributed by atoms with Crippen molar-refractivity contribution in [1.82, 2.24) is 19.9 Å². The highest BCUT2D eigenvalue weighted by atomic mass is 16.3. The number of likely N-dealkylation sites (tertiary alicyclic amines) is 1. The summed E-state index contributed by atoms with van der Waals surface area (Å²) in [5.41, 5.74) is 0.644. The summed E-state index contributed by atoms with van der Waals surface area (Å²) >= 11 is 0. The number of likely N-dealkylation sites (N-methyl/N-ethyl adjacent to an activating group) is 1. The minimum atomic E-state index is -0.0273. The van der Waals surface area contributed by atoms with Gasteiger partial charge in [0.25, 0.3) is 0 Å². The second-order valence-corrected chi connectivity index (χ2v) is 3.87. The Balaban J connectivity index is 1.96. The molecule has 1 aliphatic heterocycles. The van der Waals surface area contributed by atoms with Crippen LogP contribution in [0.1, 0.15) is 18.5 Å². The fraction of sp³-hybridized carbons (Fsp3) is 0.778. The van der Waals surface area contributed by atoms with Crippen molar-refractivity contribution in [2.75, 3.05) is 13.6 Å². The Morgan fingerprint density at radius 3 is 3.07 bits per heavy atom. The Bertz CT molecular complexity index is 299. The Hall–Kier alpha value is -0.940. The van der Waals surface area contributed by atoms with E-state index in [4.69, 9.17) is 5.11 Å². The zero-order chi connectivity index (χ0) is 9.97. The van der Waals surface area contributed by atoms with Gasteiger partial charge in [-0.1, -0.05) is 5.21 Å². The van der Waals surface area contributed by atoms with Gasteiger partial charge < -0.3 is 10.0 Å². The van der Waals surface area contributed by atoms with Crippen LogP contribution in [-0.4, -0.2) is 44.6 Å². The molecule has 78 valence electrons. The van der Waals surface area contributed by atoms with Gasteiger partial charge in [-0.3, -0.25) is 4.68 Å².